The molecule has 4 heteroatoms. The standard InChI is InChI=1S/C10H9F3O/c11-10(12,13)9-6-2-1-4-8(9)5-3-7-14/h1-6,14H,7H2/b5-3+. The van der Waals surface area contributed by atoms with E-state index < -0.39 is 11.7 Å². The van der Waals surface area contributed by atoms with Crippen molar-refractivity contribution in [1.29, 1.82) is 0 Å². The number of halogens is 3. The summed E-state index contributed by atoms with van der Waals surface area (Å²) in [6.07, 6.45) is -1.83. The molecule has 1 aromatic rings. The highest BCUT2D eigenvalue weighted by molar-refractivity contribution is 5.54. The minimum Gasteiger partial charge on any atom is -0.392 e. The molecular formula is C10H9F3O. The highest BCUT2D eigenvalue weighted by Crippen LogP contribution is 2.32. The second-order valence-corrected chi connectivity index (χ2v) is 2.67. The van der Waals surface area contributed by atoms with Crippen LogP contribution in [0, 0.1) is 0 Å². The molecule has 0 bridgehead atoms. The van der Waals surface area contributed by atoms with Gasteiger partial charge in [-0.1, -0.05) is 30.4 Å². The zero-order valence-electron chi connectivity index (χ0n) is 7.25. The number of benzene rings is 1. The van der Waals surface area contributed by atoms with Crippen molar-refractivity contribution in [3.05, 3.63) is 41.5 Å². The largest absolute Gasteiger partial charge is 0.416 e. The summed E-state index contributed by atoms with van der Waals surface area (Å²) in [7, 11) is 0. The first-order valence-corrected chi connectivity index (χ1v) is 3.99. The van der Waals surface area contributed by atoms with Gasteiger partial charge in [-0.2, -0.15) is 13.2 Å². The minimum atomic E-state index is -4.35. The van der Waals surface area contributed by atoms with E-state index in [1.165, 1.54) is 30.4 Å². The number of aliphatic hydroxyl groups is 1. The number of hydrogen-bond acceptors (Lipinski definition) is 1. The van der Waals surface area contributed by atoms with Gasteiger partial charge < -0.3 is 5.11 Å². The zero-order chi connectivity index (χ0) is 10.6. The molecule has 0 radical (unpaired) electrons. The Morgan fingerprint density at radius 3 is 2.43 bits per heavy atom. The molecule has 0 aliphatic rings. The summed E-state index contributed by atoms with van der Waals surface area (Å²) in [6, 6.07) is 5.22. The summed E-state index contributed by atoms with van der Waals surface area (Å²) in [5, 5.41) is 8.45. The van der Waals surface area contributed by atoms with Gasteiger partial charge in [-0.25, -0.2) is 0 Å². The van der Waals surface area contributed by atoms with Crippen LogP contribution in [0.1, 0.15) is 11.1 Å². The fraction of sp³-hybridized carbons (Fsp3) is 0.200. The first-order valence-electron chi connectivity index (χ1n) is 3.99. The maximum absolute atomic E-state index is 12.4. The van der Waals surface area contributed by atoms with Crippen LogP contribution >= 0.6 is 0 Å². The van der Waals surface area contributed by atoms with E-state index in [-0.39, 0.29) is 12.2 Å². The van der Waals surface area contributed by atoms with Crippen molar-refractivity contribution in [2.75, 3.05) is 6.61 Å². The fourth-order valence-electron chi connectivity index (χ4n) is 1.08. The van der Waals surface area contributed by atoms with E-state index in [1.54, 1.807) is 0 Å². The van der Waals surface area contributed by atoms with Crippen LogP contribution in [0.25, 0.3) is 6.08 Å². The maximum atomic E-state index is 12.4. The summed E-state index contributed by atoms with van der Waals surface area (Å²) in [4.78, 5) is 0. The Bertz CT molecular complexity index is 328. The molecule has 14 heavy (non-hydrogen) atoms. The zero-order valence-corrected chi connectivity index (χ0v) is 7.25. The molecule has 0 saturated carbocycles. The first-order chi connectivity index (χ1) is 6.55. The van der Waals surface area contributed by atoms with E-state index >= 15 is 0 Å². The molecule has 0 atom stereocenters. The molecule has 0 aliphatic heterocycles. The molecule has 0 aliphatic carbocycles. The molecular weight excluding hydrogens is 193 g/mol. The van der Waals surface area contributed by atoms with Gasteiger partial charge in [0, 0.05) is 0 Å². The lowest BCUT2D eigenvalue weighted by Gasteiger charge is -2.09. The smallest absolute Gasteiger partial charge is 0.392 e. The lowest BCUT2D eigenvalue weighted by molar-refractivity contribution is -0.137. The molecule has 1 aromatic carbocycles. The third-order valence-electron chi connectivity index (χ3n) is 1.67. The van der Waals surface area contributed by atoms with Crippen LogP contribution in [0.3, 0.4) is 0 Å². The van der Waals surface area contributed by atoms with E-state index in [4.69, 9.17) is 5.11 Å². The third kappa shape index (κ3) is 2.60. The van der Waals surface area contributed by atoms with Gasteiger partial charge in [0.15, 0.2) is 0 Å². The van der Waals surface area contributed by atoms with Gasteiger partial charge in [0.05, 0.1) is 12.2 Å². The summed E-state index contributed by atoms with van der Waals surface area (Å²) in [6.45, 7) is -0.272. The topological polar surface area (TPSA) is 20.2 Å². The van der Waals surface area contributed by atoms with Crippen LogP contribution in [0.15, 0.2) is 30.3 Å². The minimum absolute atomic E-state index is 0.0639. The van der Waals surface area contributed by atoms with Gasteiger partial charge in [0.1, 0.15) is 0 Å². The molecule has 1 nitrogen and oxygen atoms in total. The number of aliphatic hydroxyl groups excluding tert-OH is 1. The van der Waals surface area contributed by atoms with Crippen LogP contribution in [0.2, 0.25) is 0 Å². The molecule has 0 heterocycles. The highest BCUT2D eigenvalue weighted by atomic mass is 19.4. The van der Waals surface area contributed by atoms with Gasteiger partial charge in [-0.15, -0.1) is 0 Å². The van der Waals surface area contributed by atoms with E-state index in [2.05, 4.69) is 0 Å². The monoisotopic (exact) mass is 202 g/mol. The molecule has 0 aromatic heterocycles. The van der Waals surface area contributed by atoms with Gasteiger partial charge in [0.25, 0.3) is 0 Å². The molecule has 0 fully saturated rings. The first kappa shape index (κ1) is 10.8. The maximum Gasteiger partial charge on any atom is 0.416 e. The SMILES string of the molecule is OC/C=C/c1ccccc1C(F)(F)F. The Morgan fingerprint density at radius 1 is 1.21 bits per heavy atom. The Labute approximate surface area is 79.5 Å². The van der Waals surface area contributed by atoms with Crippen LogP contribution < -0.4 is 0 Å². The Morgan fingerprint density at radius 2 is 1.86 bits per heavy atom. The Kier molecular flexibility index (Phi) is 3.30. The third-order valence-corrected chi connectivity index (χ3v) is 1.67. The molecule has 76 valence electrons. The van der Waals surface area contributed by atoms with E-state index in [1.807, 2.05) is 0 Å². The summed E-state index contributed by atoms with van der Waals surface area (Å²) < 4.78 is 37.1. The van der Waals surface area contributed by atoms with Crippen molar-refractivity contribution >= 4 is 6.08 Å². The molecule has 0 amide bonds. The van der Waals surface area contributed by atoms with Crippen molar-refractivity contribution in [3.63, 3.8) is 0 Å². The lowest BCUT2D eigenvalue weighted by Crippen LogP contribution is -2.06. The van der Waals surface area contributed by atoms with Crippen LogP contribution in [-0.2, 0) is 6.18 Å². The predicted octanol–water partition coefficient (Wildman–Crippen LogP) is 2.71. The molecule has 0 saturated heterocycles. The average Bonchev–Trinajstić information content (AvgIpc) is 2.14. The normalized spacial score (nSPS) is 12.3. The fourth-order valence-corrected chi connectivity index (χ4v) is 1.08. The van der Waals surface area contributed by atoms with E-state index in [9.17, 15) is 13.2 Å². The summed E-state index contributed by atoms with van der Waals surface area (Å²) in [5.41, 5.74) is -0.626. The quantitative estimate of drug-likeness (QED) is 0.781. The lowest BCUT2D eigenvalue weighted by atomic mass is 10.1. The van der Waals surface area contributed by atoms with Gasteiger partial charge >= 0.3 is 6.18 Å². The number of alkyl halides is 3. The summed E-state index contributed by atoms with van der Waals surface area (Å²) in [5.74, 6) is 0. The second-order valence-electron chi connectivity index (χ2n) is 2.67. The van der Waals surface area contributed by atoms with Crippen molar-refractivity contribution in [2.45, 2.75) is 6.18 Å². The van der Waals surface area contributed by atoms with Gasteiger partial charge in [-0.05, 0) is 11.6 Å². The van der Waals surface area contributed by atoms with Crippen LogP contribution in [-0.4, -0.2) is 11.7 Å². The van der Waals surface area contributed by atoms with E-state index in [0.29, 0.717) is 0 Å². The molecule has 0 unspecified atom stereocenters. The second kappa shape index (κ2) is 4.28. The molecule has 1 rings (SSSR count). The number of hydrogen-bond donors (Lipinski definition) is 1. The van der Waals surface area contributed by atoms with Gasteiger partial charge in [0.2, 0.25) is 0 Å². The summed E-state index contributed by atoms with van der Waals surface area (Å²) >= 11 is 0. The Hall–Kier alpha value is -1.29. The number of rotatable bonds is 2. The van der Waals surface area contributed by atoms with Gasteiger partial charge in [-0.3, -0.25) is 0 Å². The van der Waals surface area contributed by atoms with Crippen LogP contribution in [0.4, 0.5) is 13.2 Å². The van der Waals surface area contributed by atoms with Crippen molar-refractivity contribution < 1.29 is 18.3 Å². The highest BCUT2D eigenvalue weighted by Gasteiger charge is 2.32. The predicted molar refractivity (Wildman–Crippen MR) is 47.6 cm³/mol. The van der Waals surface area contributed by atoms with Crippen molar-refractivity contribution in [2.24, 2.45) is 0 Å². The van der Waals surface area contributed by atoms with E-state index in [0.717, 1.165) is 6.07 Å². The Balaban J connectivity index is 3.10. The average molecular weight is 202 g/mol. The molecule has 0 spiro atoms. The van der Waals surface area contributed by atoms with Crippen LogP contribution in [0.5, 0.6) is 0 Å². The van der Waals surface area contributed by atoms with Crippen molar-refractivity contribution in [1.82, 2.24) is 0 Å². The molecule has 1 N–H and O–H groups in total. The van der Waals surface area contributed by atoms with Crippen molar-refractivity contribution in [3.8, 4) is 0 Å².